The molecule has 0 saturated heterocycles. The minimum atomic E-state index is 0.401. The summed E-state index contributed by atoms with van der Waals surface area (Å²) >= 11 is 1.81. The topological polar surface area (TPSA) is 38.9 Å². The van der Waals surface area contributed by atoms with E-state index >= 15 is 0 Å². The highest BCUT2D eigenvalue weighted by atomic mass is 32.1. The van der Waals surface area contributed by atoms with E-state index in [-0.39, 0.29) is 0 Å². The van der Waals surface area contributed by atoms with Crippen LogP contribution in [0.4, 0.5) is 0 Å². The van der Waals surface area contributed by atoms with Crippen molar-refractivity contribution in [2.24, 2.45) is 17.1 Å². The molecular weight excluding hydrogens is 192 g/mol. The van der Waals surface area contributed by atoms with E-state index in [9.17, 15) is 0 Å². The average molecular weight is 210 g/mol. The summed E-state index contributed by atoms with van der Waals surface area (Å²) in [6.07, 6.45) is 5.74. The zero-order valence-corrected chi connectivity index (χ0v) is 9.73. The Kier molecular flexibility index (Phi) is 2.62. The number of hydrogen-bond acceptors (Lipinski definition) is 3. The van der Waals surface area contributed by atoms with Gasteiger partial charge in [0.1, 0.15) is 0 Å². The van der Waals surface area contributed by atoms with Crippen molar-refractivity contribution in [2.75, 3.05) is 6.54 Å². The maximum Gasteiger partial charge on any atom is 0.0896 e. The first-order chi connectivity index (χ1) is 6.63. The number of rotatable bonds is 3. The molecule has 0 aromatic carbocycles. The molecule has 0 radical (unpaired) electrons. The van der Waals surface area contributed by atoms with Gasteiger partial charge in [-0.05, 0) is 44.1 Å². The predicted octanol–water partition coefficient (Wildman–Crippen LogP) is 2.37. The standard InChI is InChI=1S/C11H18N2S/c1-8-3-11(4-8,7-12)5-10-6-13-9(2)14-10/h6,8H,3-5,7,12H2,1-2H3. The van der Waals surface area contributed by atoms with E-state index in [2.05, 4.69) is 18.8 Å². The summed E-state index contributed by atoms with van der Waals surface area (Å²) < 4.78 is 0. The first-order valence-electron chi connectivity index (χ1n) is 5.25. The quantitative estimate of drug-likeness (QED) is 0.832. The molecule has 2 N–H and O–H groups in total. The normalized spacial score (nSPS) is 31.5. The fourth-order valence-corrected chi connectivity index (χ4v) is 3.63. The Morgan fingerprint density at radius 1 is 1.64 bits per heavy atom. The van der Waals surface area contributed by atoms with E-state index in [1.165, 1.54) is 22.7 Å². The van der Waals surface area contributed by atoms with E-state index in [1.807, 2.05) is 17.5 Å². The van der Waals surface area contributed by atoms with Crippen LogP contribution >= 0.6 is 11.3 Å². The lowest BCUT2D eigenvalue weighted by molar-refractivity contribution is 0.0769. The van der Waals surface area contributed by atoms with Crippen LogP contribution in [-0.2, 0) is 6.42 Å². The van der Waals surface area contributed by atoms with Crippen molar-refractivity contribution in [2.45, 2.75) is 33.1 Å². The van der Waals surface area contributed by atoms with Crippen LogP contribution in [0, 0.1) is 18.3 Å². The molecule has 1 aromatic heterocycles. The molecule has 2 rings (SSSR count). The lowest BCUT2D eigenvalue weighted by atomic mass is 9.61. The van der Waals surface area contributed by atoms with Crippen molar-refractivity contribution in [1.82, 2.24) is 4.98 Å². The molecule has 3 heteroatoms. The molecule has 1 aromatic rings. The maximum absolute atomic E-state index is 5.87. The predicted molar refractivity (Wildman–Crippen MR) is 60.4 cm³/mol. The number of thiazole rings is 1. The average Bonchev–Trinajstić information content (AvgIpc) is 2.48. The highest BCUT2D eigenvalue weighted by Gasteiger charge is 2.40. The van der Waals surface area contributed by atoms with Crippen molar-refractivity contribution in [3.05, 3.63) is 16.1 Å². The van der Waals surface area contributed by atoms with E-state index < -0.39 is 0 Å². The summed E-state index contributed by atoms with van der Waals surface area (Å²) in [5, 5.41) is 1.17. The second-order valence-corrected chi connectivity index (χ2v) is 6.06. The number of aryl methyl sites for hydroxylation is 1. The molecule has 2 nitrogen and oxygen atoms in total. The number of hydrogen-bond donors (Lipinski definition) is 1. The third kappa shape index (κ3) is 1.84. The number of nitrogens with zero attached hydrogens (tertiary/aromatic N) is 1. The van der Waals surface area contributed by atoms with E-state index in [0.29, 0.717) is 5.41 Å². The molecule has 0 bridgehead atoms. The van der Waals surface area contributed by atoms with Crippen molar-refractivity contribution in [1.29, 1.82) is 0 Å². The summed E-state index contributed by atoms with van der Waals surface area (Å²) in [7, 11) is 0. The molecule has 0 aliphatic heterocycles. The monoisotopic (exact) mass is 210 g/mol. The van der Waals surface area contributed by atoms with Gasteiger partial charge >= 0.3 is 0 Å². The third-order valence-electron chi connectivity index (χ3n) is 3.21. The molecule has 0 amide bonds. The molecule has 1 heterocycles. The van der Waals surface area contributed by atoms with Gasteiger partial charge in [-0.3, -0.25) is 0 Å². The van der Waals surface area contributed by atoms with Crippen LogP contribution in [0.3, 0.4) is 0 Å². The lowest BCUT2D eigenvalue weighted by Crippen LogP contribution is -2.43. The molecule has 1 fully saturated rings. The highest BCUT2D eigenvalue weighted by Crippen LogP contribution is 2.47. The Balaban J connectivity index is 2.02. The Hall–Kier alpha value is -0.410. The molecule has 1 aliphatic rings. The summed E-state index contributed by atoms with van der Waals surface area (Å²) in [6.45, 7) is 5.20. The molecule has 0 spiro atoms. The smallest absolute Gasteiger partial charge is 0.0896 e. The minimum absolute atomic E-state index is 0.401. The van der Waals surface area contributed by atoms with Crippen LogP contribution in [0.5, 0.6) is 0 Å². The molecular formula is C11H18N2S. The SMILES string of the molecule is Cc1ncc(CC2(CN)CC(C)C2)s1. The summed E-state index contributed by atoms with van der Waals surface area (Å²) in [4.78, 5) is 5.69. The molecule has 14 heavy (non-hydrogen) atoms. The maximum atomic E-state index is 5.87. The second-order valence-electron chi connectivity index (χ2n) is 4.74. The molecule has 1 saturated carbocycles. The van der Waals surface area contributed by atoms with Gasteiger partial charge in [0.05, 0.1) is 5.01 Å². The fourth-order valence-electron chi connectivity index (χ4n) is 2.66. The van der Waals surface area contributed by atoms with Gasteiger partial charge in [0.25, 0.3) is 0 Å². The summed E-state index contributed by atoms with van der Waals surface area (Å²) in [6, 6.07) is 0. The van der Waals surface area contributed by atoms with Gasteiger partial charge in [-0.15, -0.1) is 11.3 Å². The van der Waals surface area contributed by atoms with E-state index in [0.717, 1.165) is 18.9 Å². The molecule has 1 aliphatic carbocycles. The van der Waals surface area contributed by atoms with Crippen molar-refractivity contribution in [3.8, 4) is 0 Å². The van der Waals surface area contributed by atoms with Crippen LogP contribution in [0.2, 0.25) is 0 Å². The van der Waals surface area contributed by atoms with Gasteiger partial charge in [-0.2, -0.15) is 0 Å². The molecule has 0 atom stereocenters. The Labute approximate surface area is 89.5 Å². The largest absolute Gasteiger partial charge is 0.330 e. The van der Waals surface area contributed by atoms with Crippen molar-refractivity contribution < 1.29 is 0 Å². The van der Waals surface area contributed by atoms with Crippen molar-refractivity contribution >= 4 is 11.3 Å². The van der Waals surface area contributed by atoms with Gasteiger partial charge < -0.3 is 5.73 Å². The summed E-state index contributed by atoms with van der Waals surface area (Å²) in [5.74, 6) is 0.868. The zero-order valence-electron chi connectivity index (χ0n) is 8.92. The van der Waals surface area contributed by atoms with Crippen LogP contribution in [0.1, 0.15) is 29.7 Å². The first-order valence-corrected chi connectivity index (χ1v) is 6.07. The highest BCUT2D eigenvalue weighted by molar-refractivity contribution is 7.11. The van der Waals surface area contributed by atoms with Crippen LogP contribution in [0.15, 0.2) is 6.20 Å². The minimum Gasteiger partial charge on any atom is -0.330 e. The Morgan fingerprint density at radius 2 is 2.36 bits per heavy atom. The first kappa shape index (κ1) is 10.1. The fraction of sp³-hybridized carbons (Fsp3) is 0.727. The van der Waals surface area contributed by atoms with Gasteiger partial charge in [-0.25, -0.2) is 4.98 Å². The number of aromatic nitrogens is 1. The molecule has 78 valence electrons. The van der Waals surface area contributed by atoms with Crippen LogP contribution in [-0.4, -0.2) is 11.5 Å². The van der Waals surface area contributed by atoms with Gasteiger partial charge in [0.15, 0.2) is 0 Å². The molecule has 0 unspecified atom stereocenters. The third-order valence-corrected chi connectivity index (χ3v) is 4.13. The van der Waals surface area contributed by atoms with E-state index in [1.54, 1.807) is 0 Å². The van der Waals surface area contributed by atoms with Crippen LogP contribution in [0.25, 0.3) is 0 Å². The zero-order chi connectivity index (χ0) is 10.2. The number of nitrogens with two attached hydrogens (primary N) is 1. The Bertz CT molecular complexity index is 313. The summed E-state index contributed by atoms with van der Waals surface area (Å²) in [5.41, 5.74) is 6.27. The Morgan fingerprint density at radius 3 is 2.79 bits per heavy atom. The van der Waals surface area contributed by atoms with Gasteiger partial charge in [0, 0.05) is 11.1 Å². The van der Waals surface area contributed by atoms with Crippen LogP contribution < -0.4 is 5.73 Å². The van der Waals surface area contributed by atoms with E-state index in [4.69, 9.17) is 5.73 Å². The van der Waals surface area contributed by atoms with Crippen molar-refractivity contribution in [3.63, 3.8) is 0 Å². The van der Waals surface area contributed by atoms with Gasteiger partial charge in [-0.1, -0.05) is 6.92 Å². The lowest BCUT2D eigenvalue weighted by Gasteiger charge is -2.45. The van der Waals surface area contributed by atoms with Gasteiger partial charge in [0.2, 0.25) is 0 Å². The second kappa shape index (κ2) is 3.63.